The number of nitrogens with zero attached hydrogens (tertiary/aromatic N) is 3. The minimum atomic E-state index is -0.357. The van der Waals surface area contributed by atoms with E-state index in [1.807, 2.05) is 24.4 Å². The molecule has 0 amide bonds. The van der Waals surface area contributed by atoms with Crippen molar-refractivity contribution in [2.45, 2.75) is 13.0 Å². The van der Waals surface area contributed by atoms with E-state index in [1.165, 1.54) is 13.4 Å². The second-order valence-corrected chi connectivity index (χ2v) is 5.08. The Morgan fingerprint density at radius 1 is 1.58 bits per heavy atom. The van der Waals surface area contributed by atoms with Gasteiger partial charge in [0.2, 0.25) is 5.95 Å². The van der Waals surface area contributed by atoms with Crippen LogP contribution in [-0.2, 0) is 9.53 Å². The van der Waals surface area contributed by atoms with Crippen molar-refractivity contribution in [3.8, 4) is 0 Å². The molecule has 1 N–H and O–H groups in total. The number of allylic oxidation sites excluding steroid dienone is 1. The van der Waals surface area contributed by atoms with Gasteiger partial charge in [0, 0.05) is 10.6 Å². The average Bonchev–Trinajstić information content (AvgIpc) is 3.06. The second kappa shape index (κ2) is 4.51. The van der Waals surface area contributed by atoms with Crippen LogP contribution in [0.1, 0.15) is 17.8 Å². The number of ether oxygens (including phenoxy) is 1. The Morgan fingerprint density at radius 2 is 2.42 bits per heavy atom. The smallest absolute Gasteiger partial charge is 0.338 e. The predicted octanol–water partition coefficient (Wildman–Crippen LogP) is 1.80. The number of hydrogen-bond donors (Lipinski definition) is 1. The van der Waals surface area contributed by atoms with E-state index in [-0.39, 0.29) is 12.0 Å². The fourth-order valence-corrected chi connectivity index (χ4v) is 2.99. The summed E-state index contributed by atoms with van der Waals surface area (Å²) in [7, 11) is 1.38. The number of anilines is 1. The van der Waals surface area contributed by atoms with Crippen molar-refractivity contribution in [3.63, 3.8) is 0 Å². The van der Waals surface area contributed by atoms with Crippen LogP contribution in [0.2, 0.25) is 0 Å². The Morgan fingerprint density at radius 3 is 3.11 bits per heavy atom. The summed E-state index contributed by atoms with van der Waals surface area (Å²) in [6.07, 6.45) is 1.47. The molecule has 3 rings (SSSR count). The van der Waals surface area contributed by atoms with Crippen molar-refractivity contribution in [3.05, 3.63) is 40.0 Å². The molecule has 0 saturated carbocycles. The zero-order chi connectivity index (χ0) is 13.4. The molecular formula is C12H12N4O2S. The Labute approximate surface area is 113 Å². The van der Waals surface area contributed by atoms with E-state index in [4.69, 9.17) is 4.74 Å². The standard InChI is InChI=1S/C12H12N4O2S/c1-7-9(11(17)18-2)10(8-4-3-5-19-8)16-12(15-7)13-6-14-16/h3-6,10H,1-2H3,(H,13,14,15). The summed E-state index contributed by atoms with van der Waals surface area (Å²) in [5, 5.41) is 9.24. The molecule has 2 aromatic rings. The summed E-state index contributed by atoms with van der Waals surface area (Å²) in [5.41, 5.74) is 1.30. The number of methoxy groups -OCH3 is 1. The van der Waals surface area contributed by atoms with Gasteiger partial charge in [-0.25, -0.2) is 9.48 Å². The lowest BCUT2D eigenvalue weighted by molar-refractivity contribution is -0.136. The third kappa shape index (κ3) is 1.82. The maximum absolute atomic E-state index is 12.0. The van der Waals surface area contributed by atoms with Gasteiger partial charge in [-0.3, -0.25) is 0 Å². The van der Waals surface area contributed by atoms with E-state index in [0.717, 1.165) is 10.6 Å². The van der Waals surface area contributed by atoms with Crippen LogP contribution < -0.4 is 5.32 Å². The average molecular weight is 276 g/mol. The molecule has 0 aromatic carbocycles. The SMILES string of the molecule is COC(=O)C1=C(C)Nc2ncnn2C1c1cccs1. The maximum atomic E-state index is 12.0. The van der Waals surface area contributed by atoms with Gasteiger partial charge >= 0.3 is 5.97 Å². The van der Waals surface area contributed by atoms with E-state index in [2.05, 4.69) is 15.4 Å². The summed E-state index contributed by atoms with van der Waals surface area (Å²) in [6.45, 7) is 1.84. The van der Waals surface area contributed by atoms with Crippen LogP contribution in [-0.4, -0.2) is 27.8 Å². The largest absolute Gasteiger partial charge is 0.466 e. The van der Waals surface area contributed by atoms with Gasteiger partial charge in [0.1, 0.15) is 12.4 Å². The molecule has 1 atom stereocenters. The summed E-state index contributed by atoms with van der Waals surface area (Å²) in [4.78, 5) is 17.2. The number of thiophene rings is 1. The van der Waals surface area contributed by atoms with Gasteiger partial charge < -0.3 is 10.1 Å². The predicted molar refractivity (Wildman–Crippen MR) is 70.8 cm³/mol. The van der Waals surface area contributed by atoms with E-state index in [1.54, 1.807) is 16.0 Å². The molecule has 0 radical (unpaired) electrons. The minimum Gasteiger partial charge on any atom is -0.466 e. The summed E-state index contributed by atoms with van der Waals surface area (Å²) >= 11 is 1.57. The van der Waals surface area contributed by atoms with Crippen LogP contribution in [0.3, 0.4) is 0 Å². The molecule has 19 heavy (non-hydrogen) atoms. The molecule has 2 aromatic heterocycles. The second-order valence-electron chi connectivity index (χ2n) is 4.10. The van der Waals surface area contributed by atoms with E-state index < -0.39 is 0 Å². The minimum absolute atomic E-state index is 0.286. The molecular weight excluding hydrogens is 264 g/mol. The molecule has 0 saturated heterocycles. The zero-order valence-electron chi connectivity index (χ0n) is 10.5. The van der Waals surface area contributed by atoms with Gasteiger partial charge in [0.05, 0.1) is 12.7 Å². The molecule has 7 heteroatoms. The van der Waals surface area contributed by atoms with Gasteiger partial charge in [0.15, 0.2) is 0 Å². The molecule has 0 spiro atoms. The lowest BCUT2D eigenvalue weighted by atomic mass is 10.0. The maximum Gasteiger partial charge on any atom is 0.338 e. The van der Waals surface area contributed by atoms with Crippen LogP contribution in [0, 0.1) is 0 Å². The van der Waals surface area contributed by atoms with E-state index in [9.17, 15) is 4.79 Å². The number of rotatable bonds is 2. The lowest BCUT2D eigenvalue weighted by Gasteiger charge is -2.26. The fourth-order valence-electron chi connectivity index (χ4n) is 2.18. The highest BCUT2D eigenvalue weighted by Crippen LogP contribution is 2.36. The van der Waals surface area contributed by atoms with Crippen molar-refractivity contribution in [2.24, 2.45) is 0 Å². The zero-order valence-corrected chi connectivity index (χ0v) is 11.3. The number of carbonyl (C=O) groups is 1. The topological polar surface area (TPSA) is 69.0 Å². The monoisotopic (exact) mass is 276 g/mol. The summed E-state index contributed by atoms with van der Waals surface area (Å²) < 4.78 is 6.59. The van der Waals surface area contributed by atoms with Crippen LogP contribution in [0.5, 0.6) is 0 Å². The Balaban J connectivity index is 2.18. The number of hydrogen-bond acceptors (Lipinski definition) is 6. The first-order valence-corrected chi connectivity index (χ1v) is 6.59. The number of fused-ring (bicyclic) bond motifs is 1. The van der Waals surface area contributed by atoms with Gasteiger partial charge in [-0.2, -0.15) is 10.1 Å². The quantitative estimate of drug-likeness (QED) is 0.847. The van der Waals surface area contributed by atoms with Crippen LogP contribution in [0.4, 0.5) is 5.95 Å². The van der Waals surface area contributed by atoms with Gasteiger partial charge in [-0.1, -0.05) is 6.07 Å². The van der Waals surface area contributed by atoms with Crippen molar-refractivity contribution in [2.75, 3.05) is 12.4 Å². The molecule has 0 bridgehead atoms. The molecule has 98 valence electrons. The van der Waals surface area contributed by atoms with Crippen molar-refractivity contribution < 1.29 is 9.53 Å². The molecule has 3 heterocycles. The van der Waals surface area contributed by atoms with Gasteiger partial charge in [-0.05, 0) is 18.4 Å². The van der Waals surface area contributed by atoms with Crippen LogP contribution in [0.25, 0.3) is 0 Å². The lowest BCUT2D eigenvalue weighted by Crippen LogP contribution is -2.28. The number of aromatic nitrogens is 3. The first-order chi connectivity index (χ1) is 9.22. The number of esters is 1. The number of carbonyl (C=O) groups excluding carboxylic acids is 1. The summed E-state index contributed by atoms with van der Waals surface area (Å²) in [5.74, 6) is 0.271. The Bertz CT molecular complexity index is 644. The van der Waals surface area contributed by atoms with Gasteiger partial charge in [0.25, 0.3) is 0 Å². The molecule has 0 aliphatic carbocycles. The van der Waals surface area contributed by atoms with E-state index in [0.29, 0.717) is 11.5 Å². The Hall–Kier alpha value is -2.15. The van der Waals surface area contributed by atoms with Crippen LogP contribution in [0.15, 0.2) is 35.1 Å². The highest BCUT2D eigenvalue weighted by Gasteiger charge is 2.34. The third-order valence-corrected chi connectivity index (χ3v) is 3.94. The summed E-state index contributed by atoms with van der Waals surface area (Å²) in [6, 6.07) is 3.64. The molecule has 6 nitrogen and oxygen atoms in total. The van der Waals surface area contributed by atoms with Crippen molar-refractivity contribution >= 4 is 23.3 Å². The normalized spacial score (nSPS) is 17.9. The molecule has 0 fully saturated rings. The third-order valence-electron chi connectivity index (χ3n) is 3.01. The highest BCUT2D eigenvalue weighted by molar-refractivity contribution is 7.10. The number of nitrogens with one attached hydrogen (secondary N) is 1. The Kier molecular flexibility index (Phi) is 2.83. The molecule has 1 aliphatic rings. The van der Waals surface area contributed by atoms with E-state index >= 15 is 0 Å². The van der Waals surface area contributed by atoms with Crippen molar-refractivity contribution in [1.29, 1.82) is 0 Å². The molecule has 1 unspecified atom stereocenters. The first kappa shape index (κ1) is 11.9. The first-order valence-electron chi connectivity index (χ1n) is 5.71. The fraction of sp³-hybridized carbons (Fsp3) is 0.250. The van der Waals surface area contributed by atoms with Gasteiger partial charge in [-0.15, -0.1) is 11.3 Å². The van der Waals surface area contributed by atoms with Crippen molar-refractivity contribution in [1.82, 2.24) is 14.8 Å². The molecule has 1 aliphatic heterocycles. The highest BCUT2D eigenvalue weighted by atomic mass is 32.1. The van der Waals surface area contributed by atoms with Crippen LogP contribution >= 0.6 is 11.3 Å².